The molecule has 1 amide bonds. The van der Waals surface area contributed by atoms with E-state index in [0.717, 1.165) is 38.0 Å². The maximum Gasteiger partial charge on any atom is 0.353 e. The number of nitrogen functional groups attached to an aromatic ring is 1. The van der Waals surface area contributed by atoms with E-state index in [1.807, 2.05) is 25.1 Å². The number of nitro groups is 1. The summed E-state index contributed by atoms with van der Waals surface area (Å²) in [4.78, 5) is 52.1. The minimum absolute atomic E-state index is 0.0406. The van der Waals surface area contributed by atoms with E-state index in [0.29, 0.717) is 25.1 Å². The number of unbranched alkanes of at least 4 members (excludes halogenated alkanes) is 1. The maximum absolute atomic E-state index is 13.7. The number of carbonyl (C=O) groups is 2. The van der Waals surface area contributed by atoms with E-state index in [4.69, 9.17) is 15.2 Å². The molecule has 2 N–H and O–H groups in total. The molecule has 1 unspecified atom stereocenters. The van der Waals surface area contributed by atoms with Crippen molar-refractivity contribution in [3.05, 3.63) is 45.5 Å². The third-order valence-electron chi connectivity index (χ3n) is 7.28. The number of benzene rings is 1. The molecule has 0 aliphatic carbocycles. The van der Waals surface area contributed by atoms with Gasteiger partial charge in [-0.2, -0.15) is 9.97 Å². The number of amides is 1. The predicted octanol–water partition coefficient (Wildman–Crippen LogP) is 3.03. The molecule has 1 atom stereocenters. The van der Waals surface area contributed by atoms with Gasteiger partial charge in [0.05, 0.1) is 24.7 Å². The zero-order valence-electron chi connectivity index (χ0n) is 23.8. The number of hydrogen-bond acceptors (Lipinski definition) is 11. The molecule has 2 aromatic rings. The minimum atomic E-state index is -1.05. The summed E-state index contributed by atoms with van der Waals surface area (Å²) in [5.41, 5.74) is 7.06. The molecule has 2 saturated heterocycles. The van der Waals surface area contributed by atoms with Crippen molar-refractivity contribution in [1.29, 1.82) is 0 Å². The molecule has 1 aromatic carbocycles. The summed E-state index contributed by atoms with van der Waals surface area (Å²) >= 11 is 0. The Balaban J connectivity index is 1.64. The maximum atomic E-state index is 13.7. The molecule has 0 radical (unpaired) electrons. The Hall–Kier alpha value is -4.00. The summed E-state index contributed by atoms with van der Waals surface area (Å²) in [5, 5.41) is 12.1. The number of aromatic nitrogens is 2. The van der Waals surface area contributed by atoms with Crippen LogP contribution in [0.1, 0.15) is 61.9 Å². The number of likely N-dealkylation sites (tertiary alicyclic amines) is 1. The number of esters is 1. The molecule has 222 valence electrons. The number of anilines is 2. The molecule has 0 bridgehead atoms. The van der Waals surface area contributed by atoms with Gasteiger partial charge in [-0.25, -0.2) is 4.79 Å². The van der Waals surface area contributed by atoms with Gasteiger partial charge in [0.25, 0.3) is 5.91 Å². The van der Waals surface area contributed by atoms with Gasteiger partial charge in [0.1, 0.15) is 6.04 Å². The third-order valence-corrected chi connectivity index (χ3v) is 7.28. The molecule has 13 nitrogen and oxygen atoms in total. The SMILES string of the molecule is CCCCOc1nc(N)c([N+](=O)[O-])c(N2CCCN(C(=O)c3cccc(CN4CCCC4)c3)CC2C(=O)OCC)n1. The number of hydrogen-bond donors (Lipinski definition) is 1. The standard InChI is InChI=1S/C28H39N7O6/c1-3-5-16-41-28-30-24(29)23(35(38)39)25(31-28)34-15-9-14-33(19-22(34)27(37)40-4-2)26(36)21-11-8-10-20(17-21)18-32-12-6-7-13-32/h8,10-11,17,22H,3-7,9,12-16,18-19H2,1-2H3,(H2,29,30,31). The Labute approximate surface area is 239 Å². The molecule has 13 heteroatoms. The normalized spacial score (nSPS) is 17.8. The Kier molecular flexibility index (Phi) is 10.3. The second-order valence-corrected chi connectivity index (χ2v) is 10.3. The largest absolute Gasteiger partial charge is 0.464 e. The number of nitrogens with zero attached hydrogens (tertiary/aromatic N) is 6. The van der Waals surface area contributed by atoms with Crippen LogP contribution in [0.2, 0.25) is 0 Å². The Morgan fingerprint density at radius 3 is 2.61 bits per heavy atom. The fourth-order valence-electron chi connectivity index (χ4n) is 5.24. The molecule has 1 aromatic heterocycles. The van der Waals surface area contributed by atoms with Crippen LogP contribution in [0.15, 0.2) is 24.3 Å². The highest BCUT2D eigenvalue weighted by molar-refractivity contribution is 5.95. The lowest BCUT2D eigenvalue weighted by Crippen LogP contribution is -2.49. The Bertz CT molecular complexity index is 1240. The lowest BCUT2D eigenvalue weighted by atomic mass is 10.1. The van der Waals surface area contributed by atoms with Gasteiger partial charge >= 0.3 is 17.7 Å². The Morgan fingerprint density at radius 2 is 1.90 bits per heavy atom. The highest BCUT2D eigenvalue weighted by Gasteiger charge is 2.39. The van der Waals surface area contributed by atoms with Crippen molar-refractivity contribution in [2.75, 3.05) is 56.6 Å². The van der Waals surface area contributed by atoms with Crippen LogP contribution in [0.4, 0.5) is 17.3 Å². The topological polar surface area (TPSA) is 157 Å². The molecule has 2 aliphatic heterocycles. The number of nitrogens with two attached hydrogens (primary N) is 1. The first-order valence-corrected chi connectivity index (χ1v) is 14.3. The van der Waals surface area contributed by atoms with Crippen molar-refractivity contribution in [2.45, 2.75) is 58.5 Å². The third kappa shape index (κ3) is 7.40. The smallest absolute Gasteiger partial charge is 0.353 e. The average Bonchev–Trinajstić information content (AvgIpc) is 3.35. The highest BCUT2D eigenvalue weighted by atomic mass is 16.6. The van der Waals surface area contributed by atoms with Crippen molar-refractivity contribution in [2.24, 2.45) is 0 Å². The van der Waals surface area contributed by atoms with Crippen molar-refractivity contribution < 1.29 is 24.0 Å². The van der Waals surface area contributed by atoms with Gasteiger partial charge in [-0.3, -0.25) is 19.8 Å². The number of ether oxygens (including phenoxy) is 2. The molecule has 41 heavy (non-hydrogen) atoms. The van der Waals surface area contributed by atoms with Gasteiger partial charge < -0.3 is 25.0 Å². The second kappa shape index (κ2) is 14.1. The molecular formula is C28H39N7O6. The lowest BCUT2D eigenvalue weighted by molar-refractivity contribution is -0.383. The molecule has 0 spiro atoms. The fourth-order valence-corrected chi connectivity index (χ4v) is 5.24. The van der Waals surface area contributed by atoms with Crippen LogP contribution in [0.25, 0.3) is 0 Å². The van der Waals surface area contributed by atoms with Crippen LogP contribution < -0.4 is 15.4 Å². The zero-order valence-corrected chi connectivity index (χ0v) is 23.8. The van der Waals surface area contributed by atoms with Crippen molar-refractivity contribution in [1.82, 2.24) is 19.8 Å². The zero-order chi connectivity index (χ0) is 29.4. The molecular weight excluding hydrogens is 530 g/mol. The summed E-state index contributed by atoms with van der Waals surface area (Å²) in [5.74, 6) is -1.32. The molecule has 3 heterocycles. The number of carbonyl (C=O) groups excluding carboxylic acids is 2. The van der Waals surface area contributed by atoms with E-state index in [9.17, 15) is 19.7 Å². The van der Waals surface area contributed by atoms with Gasteiger partial charge in [0.2, 0.25) is 11.6 Å². The van der Waals surface area contributed by atoms with Gasteiger partial charge in [-0.05, 0) is 63.4 Å². The highest BCUT2D eigenvalue weighted by Crippen LogP contribution is 2.35. The summed E-state index contributed by atoms with van der Waals surface area (Å²) in [6, 6.07) is 6.40. The van der Waals surface area contributed by atoms with Crippen molar-refractivity contribution in [3.8, 4) is 6.01 Å². The van der Waals surface area contributed by atoms with Crippen LogP contribution in [-0.2, 0) is 16.1 Å². The van der Waals surface area contributed by atoms with E-state index < -0.39 is 22.6 Å². The lowest BCUT2D eigenvalue weighted by Gasteiger charge is -2.30. The second-order valence-electron chi connectivity index (χ2n) is 10.3. The minimum Gasteiger partial charge on any atom is -0.464 e. The molecule has 2 fully saturated rings. The van der Waals surface area contributed by atoms with Crippen molar-refractivity contribution >= 4 is 29.2 Å². The molecule has 0 saturated carbocycles. The van der Waals surface area contributed by atoms with E-state index >= 15 is 0 Å². The molecule has 4 rings (SSSR count). The first kappa shape index (κ1) is 30.0. The number of rotatable bonds is 11. The van der Waals surface area contributed by atoms with Gasteiger partial charge in [0, 0.05) is 25.2 Å². The van der Waals surface area contributed by atoms with Crippen LogP contribution in [0.5, 0.6) is 6.01 Å². The average molecular weight is 570 g/mol. The van der Waals surface area contributed by atoms with Gasteiger partial charge in [-0.1, -0.05) is 25.5 Å². The van der Waals surface area contributed by atoms with Crippen LogP contribution in [0.3, 0.4) is 0 Å². The summed E-state index contributed by atoms with van der Waals surface area (Å²) < 4.78 is 11.0. The first-order valence-electron chi connectivity index (χ1n) is 14.3. The Morgan fingerprint density at radius 1 is 1.12 bits per heavy atom. The molecule has 2 aliphatic rings. The summed E-state index contributed by atoms with van der Waals surface area (Å²) in [6.45, 7) is 7.48. The summed E-state index contributed by atoms with van der Waals surface area (Å²) in [7, 11) is 0. The quantitative estimate of drug-likeness (QED) is 0.184. The van der Waals surface area contributed by atoms with Gasteiger partial charge in [0.15, 0.2) is 0 Å². The first-order chi connectivity index (χ1) is 19.8. The van der Waals surface area contributed by atoms with Crippen molar-refractivity contribution in [3.63, 3.8) is 0 Å². The van der Waals surface area contributed by atoms with Crippen LogP contribution in [0, 0.1) is 10.1 Å². The predicted molar refractivity (Wildman–Crippen MR) is 153 cm³/mol. The van der Waals surface area contributed by atoms with E-state index in [2.05, 4.69) is 14.9 Å². The van der Waals surface area contributed by atoms with E-state index in [-0.39, 0.29) is 43.2 Å². The van der Waals surface area contributed by atoms with E-state index in [1.165, 1.54) is 17.7 Å². The van der Waals surface area contributed by atoms with Crippen LogP contribution >= 0.6 is 0 Å². The van der Waals surface area contributed by atoms with Gasteiger partial charge in [-0.15, -0.1) is 0 Å². The van der Waals surface area contributed by atoms with E-state index in [1.54, 1.807) is 17.9 Å². The summed E-state index contributed by atoms with van der Waals surface area (Å²) in [6.07, 6.45) is 4.40. The monoisotopic (exact) mass is 569 g/mol. The fraction of sp³-hybridized carbons (Fsp3) is 0.571. The van der Waals surface area contributed by atoms with Crippen LogP contribution in [-0.4, -0.2) is 88.5 Å².